The van der Waals surface area contributed by atoms with E-state index in [1.807, 2.05) is 35.2 Å². The van der Waals surface area contributed by atoms with Crippen molar-refractivity contribution in [3.05, 3.63) is 47.8 Å². The first-order chi connectivity index (χ1) is 16.0. The van der Waals surface area contributed by atoms with Crippen molar-refractivity contribution in [2.75, 3.05) is 24.5 Å². The molecule has 2 N–H and O–H groups in total. The SMILES string of the molecule is O=C(O)c1cc(N2CC3(CCNCC3)CC2=O)c2c(C3CCC3)nn(-c3ccccc3)c2n1. The molecule has 170 valence electrons. The van der Waals surface area contributed by atoms with Gasteiger partial charge in [0.1, 0.15) is 0 Å². The summed E-state index contributed by atoms with van der Waals surface area (Å²) in [6, 6.07) is 11.3. The van der Waals surface area contributed by atoms with E-state index in [4.69, 9.17) is 5.10 Å². The quantitative estimate of drug-likeness (QED) is 0.638. The third kappa shape index (κ3) is 3.31. The summed E-state index contributed by atoms with van der Waals surface area (Å²) in [5, 5.41) is 19.0. The summed E-state index contributed by atoms with van der Waals surface area (Å²) < 4.78 is 1.75. The van der Waals surface area contributed by atoms with Gasteiger partial charge in [-0.1, -0.05) is 24.6 Å². The molecule has 33 heavy (non-hydrogen) atoms. The number of carbonyl (C=O) groups is 2. The molecule has 8 heteroatoms. The van der Waals surface area contributed by atoms with Crippen molar-refractivity contribution in [1.82, 2.24) is 20.1 Å². The number of anilines is 1. The normalized spacial score (nSPS) is 20.5. The number of carbonyl (C=O) groups excluding carboxylic acids is 1. The maximum Gasteiger partial charge on any atom is 0.354 e. The number of aromatic nitrogens is 3. The Bertz CT molecular complexity index is 1240. The average molecular weight is 446 g/mol. The molecule has 1 amide bonds. The Kier molecular flexibility index (Phi) is 4.72. The van der Waals surface area contributed by atoms with Gasteiger partial charge in [-0.15, -0.1) is 0 Å². The molecule has 4 heterocycles. The molecular formula is C25H27N5O3. The number of pyridine rings is 1. The number of para-hydroxylation sites is 1. The molecule has 2 aromatic heterocycles. The maximum absolute atomic E-state index is 13.3. The van der Waals surface area contributed by atoms with Crippen molar-refractivity contribution in [2.24, 2.45) is 5.41 Å². The highest BCUT2D eigenvalue weighted by Crippen LogP contribution is 2.46. The lowest BCUT2D eigenvalue weighted by Crippen LogP contribution is -2.38. The predicted octanol–water partition coefficient (Wildman–Crippen LogP) is 3.49. The molecule has 0 radical (unpaired) electrons. The van der Waals surface area contributed by atoms with Crippen LogP contribution in [0.25, 0.3) is 16.7 Å². The molecule has 3 aromatic rings. The van der Waals surface area contributed by atoms with E-state index in [1.165, 1.54) is 0 Å². The average Bonchev–Trinajstić information content (AvgIpc) is 3.31. The third-order valence-electron chi connectivity index (χ3n) is 7.63. The monoisotopic (exact) mass is 445 g/mol. The van der Waals surface area contributed by atoms with E-state index in [0.29, 0.717) is 30.2 Å². The Labute approximate surface area is 191 Å². The van der Waals surface area contributed by atoms with E-state index in [2.05, 4.69) is 10.3 Å². The van der Waals surface area contributed by atoms with Gasteiger partial charge in [-0.25, -0.2) is 14.5 Å². The minimum atomic E-state index is -1.10. The number of carboxylic acid groups (broad SMARTS) is 1. The molecule has 1 aliphatic carbocycles. The summed E-state index contributed by atoms with van der Waals surface area (Å²) in [5.74, 6) is -0.737. The Balaban J connectivity index is 1.57. The lowest BCUT2D eigenvalue weighted by molar-refractivity contribution is -0.117. The zero-order valence-corrected chi connectivity index (χ0v) is 18.5. The molecule has 0 bridgehead atoms. The number of nitrogens with zero attached hydrogens (tertiary/aromatic N) is 4. The van der Waals surface area contributed by atoms with Gasteiger partial charge in [0.2, 0.25) is 5.91 Å². The van der Waals surface area contributed by atoms with Crippen molar-refractivity contribution in [3.63, 3.8) is 0 Å². The zero-order chi connectivity index (χ0) is 22.6. The van der Waals surface area contributed by atoms with Gasteiger partial charge in [0, 0.05) is 18.9 Å². The maximum atomic E-state index is 13.3. The van der Waals surface area contributed by atoms with Crippen molar-refractivity contribution >= 4 is 28.6 Å². The van der Waals surface area contributed by atoms with Crippen LogP contribution in [0.1, 0.15) is 60.6 Å². The zero-order valence-electron chi connectivity index (χ0n) is 18.5. The summed E-state index contributed by atoms with van der Waals surface area (Å²) in [4.78, 5) is 31.7. The van der Waals surface area contributed by atoms with Crippen LogP contribution in [0.15, 0.2) is 36.4 Å². The molecule has 0 unspecified atom stereocenters. The fourth-order valence-electron chi connectivity index (χ4n) is 5.57. The van der Waals surface area contributed by atoms with Crippen LogP contribution >= 0.6 is 0 Å². The number of benzene rings is 1. The first-order valence-electron chi connectivity index (χ1n) is 11.8. The van der Waals surface area contributed by atoms with Crippen molar-refractivity contribution in [2.45, 2.75) is 44.4 Å². The molecule has 1 saturated carbocycles. The molecular weight excluding hydrogens is 418 g/mol. The minimum absolute atomic E-state index is 0.0482. The van der Waals surface area contributed by atoms with Gasteiger partial charge in [-0.3, -0.25) is 4.79 Å². The first kappa shape index (κ1) is 20.4. The van der Waals surface area contributed by atoms with Crippen LogP contribution in [0, 0.1) is 5.41 Å². The van der Waals surface area contributed by atoms with Crippen LogP contribution in [-0.4, -0.2) is 51.4 Å². The summed E-state index contributed by atoms with van der Waals surface area (Å²) >= 11 is 0. The van der Waals surface area contributed by atoms with E-state index in [-0.39, 0.29) is 17.0 Å². The Morgan fingerprint density at radius 3 is 2.58 bits per heavy atom. The minimum Gasteiger partial charge on any atom is -0.477 e. The van der Waals surface area contributed by atoms with Crippen LogP contribution in [0.3, 0.4) is 0 Å². The smallest absolute Gasteiger partial charge is 0.354 e. The lowest BCUT2D eigenvalue weighted by Gasteiger charge is -2.33. The third-order valence-corrected chi connectivity index (χ3v) is 7.63. The number of hydrogen-bond donors (Lipinski definition) is 2. The highest BCUT2D eigenvalue weighted by atomic mass is 16.4. The van der Waals surface area contributed by atoms with Gasteiger partial charge in [0.15, 0.2) is 11.3 Å². The van der Waals surface area contributed by atoms with Crippen LogP contribution in [0.4, 0.5) is 5.69 Å². The fourth-order valence-corrected chi connectivity index (χ4v) is 5.57. The number of rotatable bonds is 4. The van der Waals surface area contributed by atoms with Gasteiger partial charge in [0.25, 0.3) is 0 Å². The number of carboxylic acids is 1. The standard InChI is InChI=1S/C25H27N5O3/c31-20-14-25(9-11-26-12-10-25)15-29(20)19-13-18(24(32)33)27-23-21(19)22(16-5-4-6-16)28-30(23)17-7-2-1-3-8-17/h1-3,7-8,13,16,26H,4-6,9-12,14-15H2,(H,32,33). The van der Waals surface area contributed by atoms with E-state index >= 15 is 0 Å². The van der Waals surface area contributed by atoms with Crippen LogP contribution in [0.2, 0.25) is 0 Å². The number of amides is 1. The number of aromatic carboxylic acids is 1. The van der Waals surface area contributed by atoms with Gasteiger partial charge in [0.05, 0.1) is 22.5 Å². The largest absolute Gasteiger partial charge is 0.477 e. The number of nitrogens with one attached hydrogen (secondary N) is 1. The van der Waals surface area contributed by atoms with Gasteiger partial charge < -0.3 is 15.3 Å². The lowest BCUT2D eigenvalue weighted by atomic mass is 9.78. The van der Waals surface area contributed by atoms with Crippen LogP contribution < -0.4 is 10.2 Å². The Morgan fingerprint density at radius 2 is 1.91 bits per heavy atom. The number of piperidine rings is 1. The number of hydrogen-bond acceptors (Lipinski definition) is 5. The molecule has 0 atom stereocenters. The summed E-state index contributed by atoms with van der Waals surface area (Å²) in [6.07, 6.45) is 5.66. The van der Waals surface area contributed by atoms with Gasteiger partial charge >= 0.3 is 5.97 Å². The highest BCUT2D eigenvalue weighted by molar-refractivity contribution is 6.07. The molecule has 3 aliphatic rings. The highest BCUT2D eigenvalue weighted by Gasteiger charge is 2.45. The van der Waals surface area contributed by atoms with Crippen LogP contribution in [-0.2, 0) is 4.79 Å². The van der Waals surface area contributed by atoms with Gasteiger partial charge in [-0.2, -0.15) is 5.10 Å². The number of fused-ring (bicyclic) bond motifs is 1. The van der Waals surface area contributed by atoms with Crippen LogP contribution in [0.5, 0.6) is 0 Å². The molecule has 6 rings (SSSR count). The van der Waals surface area contributed by atoms with Crippen molar-refractivity contribution in [3.8, 4) is 5.69 Å². The topological polar surface area (TPSA) is 100 Å². The molecule has 8 nitrogen and oxygen atoms in total. The van der Waals surface area contributed by atoms with Crippen molar-refractivity contribution < 1.29 is 14.7 Å². The van der Waals surface area contributed by atoms with E-state index in [9.17, 15) is 14.7 Å². The van der Waals surface area contributed by atoms with E-state index < -0.39 is 5.97 Å². The summed E-state index contributed by atoms with van der Waals surface area (Å²) in [7, 11) is 0. The molecule has 3 fully saturated rings. The summed E-state index contributed by atoms with van der Waals surface area (Å²) in [6.45, 7) is 2.44. The molecule has 2 saturated heterocycles. The second kappa shape index (κ2) is 7.66. The van der Waals surface area contributed by atoms with Gasteiger partial charge in [-0.05, 0) is 62.4 Å². The summed E-state index contributed by atoms with van der Waals surface area (Å²) in [5.41, 5.74) is 2.82. The molecule has 1 aromatic carbocycles. The molecule has 2 aliphatic heterocycles. The predicted molar refractivity (Wildman–Crippen MR) is 124 cm³/mol. The Hall–Kier alpha value is -3.26. The second-order valence-corrected chi connectivity index (χ2v) is 9.70. The molecule has 1 spiro atoms. The van der Waals surface area contributed by atoms with E-state index in [1.54, 1.807) is 10.7 Å². The van der Waals surface area contributed by atoms with E-state index in [0.717, 1.165) is 62.0 Å². The second-order valence-electron chi connectivity index (χ2n) is 9.70. The van der Waals surface area contributed by atoms with Crippen molar-refractivity contribution in [1.29, 1.82) is 0 Å². The Morgan fingerprint density at radius 1 is 1.15 bits per heavy atom. The first-order valence-corrected chi connectivity index (χ1v) is 11.8. The fraction of sp³-hybridized carbons (Fsp3) is 0.440.